The van der Waals surface area contributed by atoms with Crippen molar-refractivity contribution in [3.05, 3.63) is 53.9 Å². The van der Waals surface area contributed by atoms with Gasteiger partial charge in [0.25, 0.3) is 0 Å². The van der Waals surface area contributed by atoms with E-state index in [0.717, 1.165) is 5.69 Å². The lowest BCUT2D eigenvalue weighted by molar-refractivity contribution is -0.116. The molecule has 1 aromatic carbocycles. The van der Waals surface area contributed by atoms with Crippen LogP contribution in [0.15, 0.2) is 42.6 Å². The quantitative estimate of drug-likeness (QED) is 0.761. The second-order valence-electron chi connectivity index (χ2n) is 4.19. The fourth-order valence-corrected chi connectivity index (χ4v) is 1.71. The number of H-pyrrole nitrogens is 1. The number of nitrogens with one attached hydrogen (secondary N) is 2. The lowest BCUT2D eigenvalue weighted by atomic mass is 10.2. The van der Waals surface area contributed by atoms with Crippen molar-refractivity contribution in [1.29, 1.82) is 0 Å². The van der Waals surface area contributed by atoms with Gasteiger partial charge in [0.15, 0.2) is 0 Å². The number of rotatable bonds is 5. The van der Waals surface area contributed by atoms with Crippen LogP contribution in [0.1, 0.15) is 22.5 Å². The van der Waals surface area contributed by atoms with Gasteiger partial charge in [-0.3, -0.25) is 9.59 Å². The second-order valence-corrected chi connectivity index (χ2v) is 4.19. The van der Waals surface area contributed by atoms with Gasteiger partial charge in [0.1, 0.15) is 0 Å². The van der Waals surface area contributed by atoms with Crippen molar-refractivity contribution in [1.82, 2.24) is 4.98 Å². The van der Waals surface area contributed by atoms with Crippen molar-refractivity contribution < 1.29 is 9.59 Å². The van der Waals surface area contributed by atoms with Gasteiger partial charge in [0.05, 0.1) is 0 Å². The Labute approximate surface area is 110 Å². The lowest BCUT2D eigenvalue weighted by Gasteiger charge is -2.05. The van der Waals surface area contributed by atoms with Crippen LogP contribution in [0.25, 0.3) is 0 Å². The first-order valence-corrected chi connectivity index (χ1v) is 5.97. The van der Waals surface area contributed by atoms with Crippen LogP contribution in [-0.4, -0.2) is 16.8 Å². The molecule has 5 heteroatoms. The predicted molar refractivity (Wildman–Crippen MR) is 72.7 cm³/mol. The molecule has 0 fully saturated rings. The van der Waals surface area contributed by atoms with Gasteiger partial charge >= 0.3 is 0 Å². The number of primary amides is 1. The first-order chi connectivity index (χ1) is 9.15. The van der Waals surface area contributed by atoms with Crippen molar-refractivity contribution in [3.8, 4) is 0 Å². The summed E-state index contributed by atoms with van der Waals surface area (Å²) in [6, 6.07) is 10.3. The Hall–Kier alpha value is -2.56. The van der Waals surface area contributed by atoms with Gasteiger partial charge in [0.2, 0.25) is 11.8 Å². The van der Waals surface area contributed by atoms with E-state index in [-0.39, 0.29) is 5.91 Å². The van der Waals surface area contributed by atoms with Crippen LogP contribution in [0.3, 0.4) is 0 Å². The van der Waals surface area contributed by atoms with Crippen LogP contribution in [0.5, 0.6) is 0 Å². The third-order valence-electron chi connectivity index (χ3n) is 2.74. The summed E-state index contributed by atoms with van der Waals surface area (Å²) >= 11 is 0. The Morgan fingerprint density at radius 1 is 1.16 bits per heavy atom. The third-order valence-corrected chi connectivity index (χ3v) is 2.74. The minimum Gasteiger partial charge on any atom is -0.366 e. The van der Waals surface area contributed by atoms with E-state index in [2.05, 4.69) is 10.3 Å². The summed E-state index contributed by atoms with van der Waals surface area (Å²) in [5.41, 5.74) is 7.24. The predicted octanol–water partition coefficient (Wildman–Crippen LogP) is 1.68. The van der Waals surface area contributed by atoms with Gasteiger partial charge in [0, 0.05) is 29.6 Å². The van der Waals surface area contributed by atoms with Crippen LogP contribution in [0, 0.1) is 0 Å². The highest BCUT2D eigenvalue weighted by Crippen LogP contribution is 2.10. The van der Waals surface area contributed by atoms with Crippen molar-refractivity contribution in [2.45, 2.75) is 12.8 Å². The summed E-state index contributed by atoms with van der Waals surface area (Å²) in [4.78, 5) is 25.7. The molecule has 1 aromatic heterocycles. The second kappa shape index (κ2) is 5.86. The summed E-state index contributed by atoms with van der Waals surface area (Å²) in [6.07, 6.45) is 2.89. The van der Waals surface area contributed by atoms with E-state index >= 15 is 0 Å². The molecule has 98 valence electrons. The molecule has 0 aliphatic heterocycles. The number of aromatic nitrogens is 1. The molecule has 4 N–H and O–H groups in total. The number of aromatic amines is 1. The number of hydrogen-bond donors (Lipinski definition) is 3. The van der Waals surface area contributed by atoms with E-state index in [1.807, 2.05) is 18.3 Å². The zero-order chi connectivity index (χ0) is 13.7. The Balaban J connectivity index is 1.86. The summed E-state index contributed by atoms with van der Waals surface area (Å²) < 4.78 is 0. The molecule has 2 rings (SSSR count). The molecule has 2 amide bonds. The summed E-state index contributed by atoms with van der Waals surface area (Å²) in [6.45, 7) is 0. The normalized spacial score (nSPS) is 10.1. The molecule has 0 unspecified atom stereocenters. The minimum atomic E-state index is -0.482. The molecule has 0 bridgehead atoms. The molecular formula is C14H15N3O2. The number of carbonyl (C=O) groups is 2. The van der Waals surface area contributed by atoms with Gasteiger partial charge in [-0.2, -0.15) is 0 Å². The molecule has 1 heterocycles. The maximum Gasteiger partial charge on any atom is 0.248 e. The SMILES string of the molecule is NC(=O)c1ccc(NC(=O)CCc2ccc[nH]2)cc1. The first kappa shape index (κ1) is 12.9. The average Bonchev–Trinajstić information content (AvgIpc) is 2.90. The highest BCUT2D eigenvalue weighted by molar-refractivity contribution is 5.94. The minimum absolute atomic E-state index is 0.0681. The standard InChI is InChI=1S/C14H15N3O2/c15-14(19)10-3-5-12(6-4-10)17-13(18)8-7-11-2-1-9-16-11/h1-6,9,16H,7-8H2,(H2,15,19)(H,17,18). The van der Waals surface area contributed by atoms with Crippen LogP contribution in [-0.2, 0) is 11.2 Å². The smallest absolute Gasteiger partial charge is 0.248 e. The summed E-state index contributed by atoms with van der Waals surface area (Å²) in [7, 11) is 0. The Morgan fingerprint density at radius 2 is 1.89 bits per heavy atom. The van der Waals surface area contributed by atoms with E-state index in [9.17, 15) is 9.59 Å². The number of nitrogens with two attached hydrogens (primary N) is 1. The molecule has 0 aliphatic rings. The molecule has 0 spiro atoms. The molecule has 5 nitrogen and oxygen atoms in total. The molecule has 2 aromatic rings. The Morgan fingerprint density at radius 3 is 2.47 bits per heavy atom. The van der Waals surface area contributed by atoms with Gasteiger partial charge in [-0.25, -0.2) is 0 Å². The molecule has 0 radical (unpaired) electrons. The topological polar surface area (TPSA) is 88.0 Å². The molecule has 0 saturated heterocycles. The van der Waals surface area contributed by atoms with Gasteiger partial charge in [-0.05, 0) is 42.8 Å². The first-order valence-electron chi connectivity index (χ1n) is 5.97. The maximum absolute atomic E-state index is 11.7. The zero-order valence-corrected chi connectivity index (χ0v) is 10.3. The van der Waals surface area contributed by atoms with E-state index in [0.29, 0.717) is 24.1 Å². The van der Waals surface area contributed by atoms with Crippen LogP contribution < -0.4 is 11.1 Å². The Bertz CT molecular complexity index is 559. The highest BCUT2D eigenvalue weighted by Gasteiger charge is 2.04. The van der Waals surface area contributed by atoms with Crippen molar-refractivity contribution in [2.75, 3.05) is 5.32 Å². The highest BCUT2D eigenvalue weighted by atomic mass is 16.1. The average molecular weight is 257 g/mol. The fraction of sp³-hybridized carbons (Fsp3) is 0.143. The summed E-state index contributed by atoms with van der Waals surface area (Å²) in [5.74, 6) is -0.550. The van der Waals surface area contributed by atoms with E-state index in [1.54, 1.807) is 24.3 Å². The number of anilines is 1. The zero-order valence-electron chi connectivity index (χ0n) is 10.3. The fourth-order valence-electron chi connectivity index (χ4n) is 1.71. The van der Waals surface area contributed by atoms with E-state index < -0.39 is 5.91 Å². The maximum atomic E-state index is 11.7. The molecular weight excluding hydrogens is 242 g/mol. The van der Waals surface area contributed by atoms with Crippen molar-refractivity contribution >= 4 is 17.5 Å². The van der Waals surface area contributed by atoms with Crippen LogP contribution in [0.4, 0.5) is 5.69 Å². The van der Waals surface area contributed by atoms with Crippen molar-refractivity contribution in [2.24, 2.45) is 5.73 Å². The molecule has 0 atom stereocenters. The van der Waals surface area contributed by atoms with Gasteiger partial charge < -0.3 is 16.0 Å². The number of amides is 2. The van der Waals surface area contributed by atoms with Crippen LogP contribution in [0.2, 0.25) is 0 Å². The largest absolute Gasteiger partial charge is 0.366 e. The Kier molecular flexibility index (Phi) is 3.97. The number of benzene rings is 1. The number of aryl methyl sites for hydroxylation is 1. The monoisotopic (exact) mass is 257 g/mol. The molecule has 0 saturated carbocycles. The van der Waals surface area contributed by atoms with Gasteiger partial charge in [-0.15, -0.1) is 0 Å². The molecule has 19 heavy (non-hydrogen) atoms. The van der Waals surface area contributed by atoms with E-state index in [4.69, 9.17) is 5.73 Å². The lowest BCUT2D eigenvalue weighted by Crippen LogP contribution is -2.13. The van der Waals surface area contributed by atoms with Crippen LogP contribution >= 0.6 is 0 Å². The third kappa shape index (κ3) is 3.70. The number of hydrogen-bond acceptors (Lipinski definition) is 2. The van der Waals surface area contributed by atoms with Gasteiger partial charge in [-0.1, -0.05) is 0 Å². The number of carbonyl (C=O) groups excluding carboxylic acids is 2. The van der Waals surface area contributed by atoms with Crippen molar-refractivity contribution in [3.63, 3.8) is 0 Å². The summed E-state index contributed by atoms with van der Waals surface area (Å²) in [5, 5.41) is 2.77. The molecule has 0 aliphatic carbocycles. The van der Waals surface area contributed by atoms with E-state index in [1.165, 1.54) is 0 Å².